The predicted octanol–water partition coefficient (Wildman–Crippen LogP) is 4.31. The normalized spacial score (nSPS) is 27.6. The van der Waals surface area contributed by atoms with Crippen molar-refractivity contribution in [3.63, 3.8) is 0 Å². The number of fused-ring (bicyclic) bond motifs is 1. The van der Waals surface area contributed by atoms with Crippen LogP contribution in [0.5, 0.6) is 5.75 Å². The molecule has 1 heterocycles. The fraction of sp³-hybridized carbons (Fsp3) is 0.500. The zero-order valence-corrected chi connectivity index (χ0v) is 12.3. The molecule has 1 aliphatic carbocycles. The van der Waals surface area contributed by atoms with Crippen molar-refractivity contribution in [3.05, 3.63) is 29.1 Å². The van der Waals surface area contributed by atoms with Gasteiger partial charge in [-0.05, 0) is 48.4 Å². The van der Waals surface area contributed by atoms with Gasteiger partial charge in [-0.2, -0.15) is 0 Å². The van der Waals surface area contributed by atoms with E-state index in [9.17, 15) is 5.11 Å². The quantitative estimate of drug-likeness (QED) is 0.885. The van der Waals surface area contributed by atoms with E-state index in [2.05, 4.69) is 25.1 Å². The molecular formula is C16H20O2S. The van der Waals surface area contributed by atoms with Gasteiger partial charge in [0.05, 0.1) is 7.11 Å². The van der Waals surface area contributed by atoms with E-state index in [1.165, 1.54) is 16.5 Å². The van der Waals surface area contributed by atoms with Gasteiger partial charge in [0.15, 0.2) is 0 Å². The third-order valence-corrected chi connectivity index (χ3v) is 5.68. The van der Waals surface area contributed by atoms with Gasteiger partial charge < -0.3 is 9.84 Å². The second kappa shape index (κ2) is 4.80. The molecule has 1 saturated carbocycles. The van der Waals surface area contributed by atoms with Crippen LogP contribution in [0.3, 0.4) is 0 Å². The Morgan fingerprint density at radius 3 is 2.89 bits per heavy atom. The zero-order valence-electron chi connectivity index (χ0n) is 11.5. The lowest BCUT2D eigenvalue weighted by atomic mass is 9.75. The minimum absolute atomic E-state index is 0.344. The summed E-state index contributed by atoms with van der Waals surface area (Å²) in [6, 6.07) is 8.26. The number of benzene rings is 1. The summed E-state index contributed by atoms with van der Waals surface area (Å²) >= 11 is 1.71. The van der Waals surface area contributed by atoms with Crippen LogP contribution < -0.4 is 4.74 Å². The maximum Gasteiger partial charge on any atom is 0.120 e. The van der Waals surface area contributed by atoms with E-state index in [0.29, 0.717) is 5.92 Å². The summed E-state index contributed by atoms with van der Waals surface area (Å²) in [6.07, 6.45) is 4.37. The second-order valence-corrected chi connectivity index (χ2v) is 6.67. The molecule has 2 nitrogen and oxygen atoms in total. The standard InChI is InChI=1S/C16H20O2S/c1-11-5-3-4-8-16(11,17)15-9-12-6-7-13(18-2)10-14(12)19-15/h6-7,9-11,17H,3-5,8H2,1-2H3. The van der Waals surface area contributed by atoms with Gasteiger partial charge in [0, 0.05) is 9.58 Å². The third kappa shape index (κ3) is 2.15. The molecule has 1 N–H and O–H groups in total. The highest BCUT2D eigenvalue weighted by molar-refractivity contribution is 7.19. The summed E-state index contributed by atoms with van der Waals surface area (Å²) < 4.78 is 6.46. The minimum atomic E-state index is -0.630. The van der Waals surface area contributed by atoms with Crippen LogP contribution in [0.25, 0.3) is 10.1 Å². The molecule has 0 amide bonds. The zero-order chi connectivity index (χ0) is 13.5. The molecular weight excluding hydrogens is 256 g/mol. The summed E-state index contributed by atoms with van der Waals surface area (Å²) in [5.74, 6) is 1.22. The first-order valence-electron chi connectivity index (χ1n) is 6.94. The van der Waals surface area contributed by atoms with Crippen molar-refractivity contribution in [2.45, 2.75) is 38.2 Å². The summed E-state index contributed by atoms with van der Waals surface area (Å²) in [6.45, 7) is 2.17. The van der Waals surface area contributed by atoms with Crippen LogP contribution in [-0.2, 0) is 5.60 Å². The molecule has 0 aliphatic heterocycles. The highest BCUT2D eigenvalue weighted by atomic mass is 32.1. The van der Waals surface area contributed by atoms with E-state index in [0.717, 1.165) is 29.9 Å². The minimum Gasteiger partial charge on any atom is -0.497 e. The molecule has 3 heteroatoms. The lowest BCUT2D eigenvalue weighted by Gasteiger charge is -2.37. The maximum absolute atomic E-state index is 11.0. The number of thiophene rings is 1. The number of ether oxygens (including phenoxy) is 1. The van der Waals surface area contributed by atoms with Crippen molar-refractivity contribution >= 4 is 21.4 Å². The Labute approximate surface area is 118 Å². The Kier molecular flexibility index (Phi) is 3.27. The van der Waals surface area contributed by atoms with Crippen molar-refractivity contribution in [3.8, 4) is 5.75 Å². The van der Waals surface area contributed by atoms with Gasteiger partial charge in [-0.3, -0.25) is 0 Å². The first kappa shape index (κ1) is 12.9. The van der Waals surface area contributed by atoms with Crippen LogP contribution in [0, 0.1) is 5.92 Å². The van der Waals surface area contributed by atoms with E-state index in [-0.39, 0.29) is 0 Å². The SMILES string of the molecule is COc1ccc2cc(C3(O)CCCCC3C)sc2c1. The first-order valence-corrected chi connectivity index (χ1v) is 7.75. The predicted molar refractivity (Wildman–Crippen MR) is 79.9 cm³/mol. The lowest BCUT2D eigenvalue weighted by Crippen LogP contribution is -2.35. The van der Waals surface area contributed by atoms with E-state index in [4.69, 9.17) is 4.74 Å². The number of rotatable bonds is 2. The van der Waals surface area contributed by atoms with Gasteiger partial charge in [0.25, 0.3) is 0 Å². The molecule has 102 valence electrons. The lowest BCUT2D eigenvalue weighted by molar-refractivity contribution is -0.0437. The highest BCUT2D eigenvalue weighted by Crippen LogP contribution is 2.45. The largest absolute Gasteiger partial charge is 0.497 e. The Morgan fingerprint density at radius 2 is 2.16 bits per heavy atom. The number of hydrogen-bond acceptors (Lipinski definition) is 3. The molecule has 2 unspecified atom stereocenters. The van der Waals surface area contributed by atoms with Crippen molar-refractivity contribution < 1.29 is 9.84 Å². The summed E-state index contributed by atoms with van der Waals surface area (Å²) in [5, 5.41) is 12.2. The Hall–Kier alpha value is -1.06. The van der Waals surface area contributed by atoms with Crippen molar-refractivity contribution in [2.75, 3.05) is 7.11 Å². The molecule has 1 aromatic heterocycles. The Bertz CT molecular complexity index is 589. The molecule has 0 bridgehead atoms. The monoisotopic (exact) mass is 276 g/mol. The van der Waals surface area contributed by atoms with Gasteiger partial charge in [-0.1, -0.05) is 19.8 Å². The van der Waals surface area contributed by atoms with Crippen LogP contribution >= 0.6 is 11.3 Å². The Balaban J connectivity index is 2.04. The topological polar surface area (TPSA) is 29.5 Å². The fourth-order valence-electron chi connectivity index (χ4n) is 3.05. The number of hydrogen-bond donors (Lipinski definition) is 1. The van der Waals surface area contributed by atoms with Crippen LogP contribution in [-0.4, -0.2) is 12.2 Å². The van der Waals surface area contributed by atoms with Crippen LogP contribution in [0.15, 0.2) is 24.3 Å². The van der Waals surface area contributed by atoms with Gasteiger partial charge >= 0.3 is 0 Å². The van der Waals surface area contributed by atoms with Crippen LogP contribution in [0.4, 0.5) is 0 Å². The Morgan fingerprint density at radius 1 is 1.32 bits per heavy atom. The van der Waals surface area contributed by atoms with Crippen LogP contribution in [0.1, 0.15) is 37.5 Å². The second-order valence-electron chi connectivity index (χ2n) is 5.59. The smallest absolute Gasteiger partial charge is 0.120 e. The third-order valence-electron chi connectivity index (χ3n) is 4.41. The van der Waals surface area contributed by atoms with Crippen molar-refractivity contribution in [1.29, 1.82) is 0 Å². The molecule has 0 saturated heterocycles. The van der Waals surface area contributed by atoms with E-state index in [1.807, 2.05) is 6.07 Å². The fourth-order valence-corrected chi connectivity index (χ4v) is 4.37. The maximum atomic E-state index is 11.0. The molecule has 2 aromatic rings. The molecule has 2 atom stereocenters. The molecule has 19 heavy (non-hydrogen) atoms. The average molecular weight is 276 g/mol. The highest BCUT2D eigenvalue weighted by Gasteiger charge is 2.38. The first-order chi connectivity index (χ1) is 9.13. The van der Waals surface area contributed by atoms with Crippen molar-refractivity contribution in [2.24, 2.45) is 5.92 Å². The molecule has 0 spiro atoms. The van der Waals surface area contributed by atoms with E-state index in [1.54, 1.807) is 18.4 Å². The number of methoxy groups -OCH3 is 1. The number of aliphatic hydroxyl groups is 1. The molecule has 0 radical (unpaired) electrons. The van der Waals surface area contributed by atoms with E-state index < -0.39 is 5.60 Å². The average Bonchev–Trinajstić information content (AvgIpc) is 2.85. The van der Waals surface area contributed by atoms with Crippen LogP contribution in [0.2, 0.25) is 0 Å². The molecule has 3 rings (SSSR count). The van der Waals surface area contributed by atoms with Gasteiger partial charge in [0.1, 0.15) is 11.4 Å². The molecule has 1 fully saturated rings. The summed E-state index contributed by atoms with van der Waals surface area (Å²) in [5.41, 5.74) is -0.630. The van der Waals surface area contributed by atoms with Crippen molar-refractivity contribution in [1.82, 2.24) is 0 Å². The van der Waals surface area contributed by atoms with Gasteiger partial charge in [-0.15, -0.1) is 11.3 Å². The van der Waals surface area contributed by atoms with E-state index >= 15 is 0 Å². The molecule has 1 aromatic carbocycles. The van der Waals surface area contributed by atoms with Gasteiger partial charge in [-0.25, -0.2) is 0 Å². The summed E-state index contributed by atoms with van der Waals surface area (Å²) in [7, 11) is 1.69. The van der Waals surface area contributed by atoms with Gasteiger partial charge in [0.2, 0.25) is 0 Å². The summed E-state index contributed by atoms with van der Waals surface area (Å²) in [4.78, 5) is 1.11. The molecule has 1 aliphatic rings.